The lowest BCUT2D eigenvalue weighted by Gasteiger charge is -2.17. The molecule has 1 aromatic heterocycles. The number of hydrazone groups is 1. The number of para-hydroxylation sites is 1. The first-order valence-electron chi connectivity index (χ1n) is 6.86. The predicted molar refractivity (Wildman–Crippen MR) is 90.5 cm³/mol. The summed E-state index contributed by atoms with van der Waals surface area (Å²) in [7, 11) is 1.91. The predicted octanol–water partition coefficient (Wildman–Crippen LogP) is 3.88. The van der Waals surface area contributed by atoms with Crippen LogP contribution in [0.1, 0.15) is 5.56 Å². The van der Waals surface area contributed by atoms with Gasteiger partial charge in [-0.25, -0.2) is 4.98 Å². The Morgan fingerprint density at radius 1 is 1.09 bits per heavy atom. The minimum absolute atomic E-state index is 0.649. The fourth-order valence-corrected chi connectivity index (χ4v) is 2.34. The van der Waals surface area contributed by atoms with Crippen LogP contribution in [0, 0.1) is 0 Å². The van der Waals surface area contributed by atoms with E-state index in [-0.39, 0.29) is 0 Å². The number of imidazole rings is 1. The molecule has 5 heteroatoms. The van der Waals surface area contributed by atoms with Crippen LogP contribution in [0.3, 0.4) is 0 Å². The minimum Gasteiger partial charge on any atom is -0.289 e. The number of hydrogen-bond acceptors (Lipinski definition) is 3. The average Bonchev–Trinajstić information content (AvgIpc) is 3.08. The number of hydrogen-bond donors (Lipinski definition) is 0. The molecule has 2 aromatic carbocycles. The second-order valence-electron chi connectivity index (χ2n) is 4.73. The van der Waals surface area contributed by atoms with Crippen molar-refractivity contribution in [2.24, 2.45) is 5.10 Å². The van der Waals surface area contributed by atoms with E-state index in [4.69, 9.17) is 16.7 Å². The second-order valence-corrected chi connectivity index (χ2v) is 5.14. The van der Waals surface area contributed by atoms with Crippen LogP contribution in [0.2, 0.25) is 5.02 Å². The van der Waals surface area contributed by atoms with E-state index in [1.165, 1.54) is 0 Å². The van der Waals surface area contributed by atoms with Gasteiger partial charge in [-0.1, -0.05) is 41.9 Å². The van der Waals surface area contributed by atoms with Crippen molar-refractivity contribution in [3.63, 3.8) is 0 Å². The van der Waals surface area contributed by atoms with E-state index in [1.54, 1.807) is 12.5 Å². The topological polar surface area (TPSA) is 33.4 Å². The molecule has 0 unspecified atom stereocenters. The quantitative estimate of drug-likeness (QED) is 0.418. The van der Waals surface area contributed by atoms with Crippen molar-refractivity contribution >= 4 is 23.1 Å². The van der Waals surface area contributed by atoms with Crippen molar-refractivity contribution in [3.05, 3.63) is 83.9 Å². The van der Waals surface area contributed by atoms with Crippen LogP contribution in [0.4, 0.5) is 5.69 Å². The third kappa shape index (κ3) is 3.02. The minimum atomic E-state index is 0.649. The van der Waals surface area contributed by atoms with Crippen LogP contribution < -0.4 is 5.01 Å². The first kappa shape index (κ1) is 14.4. The molecule has 0 N–H and O–H groups in total. The molecule has 1 heterocycles. The SMILES string of the molecule is CN(/N=C(\c1ccccc1Cl)n1ccnc1)c1ccccc1. The second kappa shape index (κ2) is 6.45. The lowest BCUT2D eigenvalue weighted by molar-refractivity contribution is 0.982. The van der Waals surface area contributed by atoms with Crippen LogP contribution in [0.25, 0.3) is 0 Å². The molecule has 110 valence electrons. The van der Waals surface area contributed by atoms with Gasteiger partial charge in [-0.2, -0.15) is 5.10 Å². The highest BCUT2D eigenvalue weighted by Gasteiger charge is 2.11. The molecule has 0 radical (unpaired) electrons. The number of nitrogens with zero attached hydrogens (tertiary/aromatic N) is 4. The van der Waals surface area contributed by atoms with Crippen molar-refractivity contribution in [3.8, 4) is 0 Å². The number of anilines is 1. The molecule has 0 saturated heterocycles. The fraction of sp³-hybridized carbons (Fsp3) is 0.0588. The third-order valence-electron chi connectivity index (χ3n) is 3.24. The zero-order valence-electron chi connectivity index (χ0n) is 12.1. The molecule has 0 amide bonds. The molecule has 3 aromatic rings. The Hall–Kier alpha value is -2.59. The van der Waals surface area contributed by atoms with E-state index in [2.05, 4.69) is 4.98 Å². The normalized spacial score (nSPS) is 11.5. The number of benzene rings is 2. The summed E-state index contributed by atoms with van der Waals surface area (Å²) in [4.78, 5) is 4.10. The molecule has 0 atom stereocenters. The van der Waals surface area contributed by atoms with Crippen LogP contribution in [0.15, 0.2) is 78.4 Å². The molecule has 22 heavy (non-hydrogen) atoms. The lowest BCUT2D eigenvalue weighted by atomic mass is 10.2. The zero-order valence-corrected chi connectivity index (χ0v) is 12.9. The van der Waals surface area contributed by atoms with Gasteiger partial charge in [0.25, 0.3) is 0 Å². The average molecular weight is 311 g/mol. The summed E-state index contributed by atoms with van der Waals surface area (Å²) < 4.78 is 1.85. The van der Waals surface area contributed by atoms with Crippen molar-refractivity contribution < 1.29 is 0 Å². The molecule has 0 fully saturated rings. The van der Waals surface area contributed by atoms with Crippen LogP contribution in [0.5, 0.6) is 0 Å². The van der Waals surface area contributed by atoms with Gasteiger partial charge in [0.05, 0.1) is 10.7 Å². The molecule has 0 saturated carbocycles. The van der Waals surface area contributed by atoms with Crippen LogP contribution in [-0.4, -0.2) is 22.4 Å². The Morgan fingerprint density at radius 3 is 2.50 bits per heavy atom. The highest BCUT2D eigenvalue weighted by Crippen LogP contribution is 2.19. The molecular formula is C17H15ClN4. The molecular weight excluding hydrogens is 296 g/mol. The maximum absolute atomic E-state index is 6.33. The fourth-order valence-electron chi connectivity index (χ4n) is 2.12. The van der Waals surface area contributed by atoms with Crippen molar-refractivity contribution in [2.75, 3.05) is 12.1 Å². The number of halogens is 1. The van der Waals surface area contributed by atoms with Gasteiger partial charge in [-0.05, 0) is 24.3 Å². The van der Waals surface area contributed by atoms with Gasteiger partial charge < -0.3 is 0 Å². The lowest BCUT2D eigenvalue weighted by Crippen LogP contribution is -2.19. The Balaban J connectivity index is 2.07. The Morgan fingerprint density at radius 2 is 1.82 bits per heavy atom. The highest BCUT2D eigenvalue weighted by atomic mass is 35.5. The Kier molecular flexibility index (Phi) is 4.21. The van der Waals surface area contributed by atoms with E-state index < -0.39 is 0 Å². The smallest absolute Gasteiger partial charge is 0.167 e. The summed E-state index contributed by atoms with van der Waals surface area (Å²) in [6.45, 7) is 0. The van der Waals surface area contributed by atoms with Gasteiger partial charge >= 0.3 is 0 Å². The monoisotopic (exact) mass is 310 g/mol. The summed E-state index contributed by atoms with van der Waals surface area (Å²) in [5.74, 6) is 0.717. The van der Waals surface area contributed by atoms with Gasteiger partial charge in [0.2, 0.25) is 0 Å². The van der Waals surface area contributed by atoms with Gasteiger partial charge in [-0.15, -0.1) is 0 Å². The molecule has 0 aliphatic heterocycles. The summed E-state index contributed by atoms with van der Waals surface area (Å²) in [6.07, 6.45) is 5.27. The molecule has 0 aliphatic rings. The highest BCUT2D eigenvalue weighted by molar-refractivity contribution is 6.34. The largest absolute Gasteiger partial charge is 0.289 e. The standard InChI is InChI=1S/C17H15ClN4/c1-21(14-7-3-2-4-8-14)20-17(22-12-11-19-13-22)15-9-5-6-10-16(15)18/h2-13H,1H3/b20-17+. The summed E-state index contributed by atoms with van der Waals surface area (Å²) in [6, 6.07) is 17.6. The van der Waals surface area contributed by atoms with Crippen molar-refractivity contribution in [1.82, 2.24) is 9.55 Å². The molecule has 0 bridgehead atoms. The summed E-state index contributed by atoms with van der Waals surface area (Å²) in [5.41, 5.74) is 1.84. The Bertz CT molecular complexity index is 766. The zero-order chi connectivity index (χ0) is 15.4. The third-order valence-corrected chi connectivity index (χ3v) is 3.57. The van der Waals surface area contributed by atoms with Gasteiger partial charge in [-0.3, -0.25) is 9.58 Å². The molecule has 0 spiro atoms. The van der Waals surface area contributed by atoms with E-state index in [0.717, 1.165) is 17.1 Å². The molecule has 4 nitrogen and oxygen atoms in total. The molecule has 3 rings (SSSR count). The van der Waals surface area contributed by atoms with Gasteiger partial charge in [0.15, 0.2) is 5.84 Å². The van der Waals surface area contributed by atoms with Gasteiger partial charge in [0, 0.05) is 25.0 Å². The van der Waals surface area contributed by atoms with E-state index in [0.29, 0.717) is 5.02 Å². The van der Waals surface area contributed by atoms with Crippen LogP contribution in [-0.2, 0) is 0 Å². The maximum atomic E-state index is 6.33. The maximum Gasteiger partial charge on any atom is 0.167 e. The summed E-state index contributed by atoms with van der Waals surface area (Å²) >= 11 is 6.33. The molecule has 0 aliphatic carbocycles. The number of rotatable bonds is 3. The van der Waals surface area contributed by atoms with Crippen molar-refractivity contribution in [1.29, 1.82) is 0 Å². The van der Waals surface area contributed by atoms with Crippen LogP contribution >= 0.6 is 11.6 Å². The first-order chi connectivity index (χ1) is 10.8. The van der Waals surface area contributed by atoms with Crippen molar-refractivity contribution in [2.45, 2.75) is 0 Å². The summed E-state index contributed by atoms with van der Waals surface area (Å²) in [5, 5.41) is 7.18. The first-order valence-corrected chi connectivity index (χ1v) is 7.24. The Labute approximate surface area is 134 Å². The van der Waals surface area contributed by atoms with E-state index in [1.807, 2.05) is 77.4 Å². The van der Waals surface area contributed by atoms with E-state index >= 15 is 0 Å². The van der Waals surface area contributed by atoms with E-state index in [9.17, 15) is 0 Å². The number of aromatic nitrogens is 2. The van der Waals surface area contributed by atoms with Gasteiger partial charge in [0.1, 0.15) is 6.33 Å².